The molecule has 1 aromatic heterocycles. The Bertz CT molecular complexity index is 725. The van der Waals surface area contributed by atoms with Gasteiger partial charge in [-0.2, -0.15) is 0 Å². The first-order valence-corrected chi connectivity index (χ1v) is 9.42. The van der Waals surface area contributed by atoms with Crippen molar-refractivity contribution in [1.82, 2.24) is 14.8 Å². The maximum absolute atomic E-state index is 13.4. The maximum atomic E-state index is 13.4. The molecule has 0 amide bonds. The third-order valence-electron chi connectivity index (χ3n) is 6.53. The maximum Gasteiger partial charge on any atom is 0.123 e. The molecule has 4 aliphatic heterocycles. The number of hydrogen-bond acceptors (Lipinski definition) is 3. The molecule has 2 bridgehead atoms. The molecule has 0 saturated carbocycles. The van der Waals surface area contributed by atoms with Gasteiger partial charge in [0.05, 0.1) is 0 Å². The first-order chi connectivity index (χ1) is 12.3. The second kappa shape index (κ2) is 6.19. The first-order valence-electron chi connectivity index (χ1n) is 9.42. The predicted octanol–water partition coefficient (Wildman–Crippen LogP) is 3.28. The molecule has 0 radical (unpaired) electrons. The van der Waals surface area contributed by atoms with Gasteiger partial charge >= 0.3 is 0 Å². The second-order valence-corrected chi connectivity index (χ2v) is 7.80. The molecule has 5 heterocycles. The summed E-state index contributed by atoms with van der Waals surface area (Å²) in [5.74, 6) is 1.15. The molecule has 0 N–H and O–H groups in total. The average molecular weight is 337 g/mol. The molecule has 2 aromatic rings. The molecule has 0 spiro atoms. The number of hydrogen-bond donors (Lipinski definition) is 0. The van der Waals surface area contributed by atoms with Gasteiger partial charge in [-0.25, -0.2) is 4.39 Å². The highest BCUT2D eigenvalue weighted by Gasteiger charge is 2.53. The molecule has 0 aliphatic carbocycles. The van der Waals surface area contributed by atoms with Gasteiger partial charge in [0.25, 0.3) is 0 Å². The number of rotatable bonds is 3. The summed E-state index contributed by atoms with van der Waals surface area (Å²) < 4.78 is 13.4. The normalized spacial score (nSPS) is 34.2. The SMILES string of the molecule is Fc1ccc([C@@H]2CN(Cc3ccncc3)[C@H]3C4CCN(CC4)[C@@H]23)cc1. The van der Waals surface area contributed by atoms with Crippen molar-refractivity contribution < 1.29 is 4.39 Å². The van der Waals surface area contributed by atoms with Crippen molar-refractivity contribution in [2.45, 2.75) is 37.4 Å². The third-order valence-corrected chi connectivity index (χ3v) is 6.53. The van der Waals surface area contributed by atoms with Gasteiger partial charge in [-0.3, -0.25) is 14.8 Å². The Balaban J connectivity index is 1.47. The number of fused-ring (bicyclic) bond motifs is 2. The van der Waals surface area contributed by atoms with E-state index in [1.165, 1.54) is 37.1 Å². The molecule has 4 fully saturated rings. The molecule has 4 heteroatoms. The Labute approximate surface area is 148 Å². The van der Waals surface area contributed by atoms with Crippen molar-refractivity contribution >= 4 is 0 Å². The average Bonchev–Trinajstić information content (AvgIpc) is 3.06. The van der Waals surface area contributed by atoms with Gasteiger partial charge in [-0.05, 0) is 67.2 Å². The number of piperidine rings is 3. The van der Waals surface area contributed by atoms with E-state index in [1.807, 2.05) is 24.5 Å². The first kappa shape index (κ1) is 15.5. The van der Waals surface area contributed by atoms with Crippen LogP contribution in [0.5, 0.6) is 0 Å². The van der Waals surface area contributed by atoms with Crippen LogP contribution in [0, 0.1) is 11.7 Å². The Morgan fingerprint density at radius 1 is 0.960 bits per heavy atom. The standard InChI is InChI=1S/C21H24FN3/c22-18-3-1-16(2-4-18)19-14-25(13-15-5-9-23-10-6-15)20-17-7-11-24(12-8-17)21(19)20/h1-6,9-10,17,19-21H,7-8,11-14H2/t19-,20-,21-/m0/s1. The number of nitrogens with zero attached hydrogens (tertiary/aromatic N) is 3. The van der Waals surface area contributed by atoms with Gasteiger partial charge in [0.15, 0.2) is 0 Å². The molecular formula is C21H24FN3. The van der Waals surface area contributed by atoms with E-state index in [9.17, 15) is 4.39 Å². The van der Waals surface area contributed by atoms with Gasteiger partial charge in [-0.15, -0.1) is 0 Å². The summed E-state index contributed by atoms with van der Waals surface area (Å²) in [6.07, 6.45) is 6.42. The highest BCUT2D eigenvalue weighted by Crippen LogP contribution is 2.46. The Morgan fingerprint density at radius 3 is 2.40 bits per heavy atom. The van der Waals surface area contributed by atoms with Crippen LogP contribution in [-0.4, -0.2) is 46.5 Å². The summed E-state index contributed by atoms with van der Waals surface area (Å²) in [5.41, 5.74) is 2.63. The van der Waals surface area contributed by atoms with Crippen molar-refractivity contribution in [2.24, 2.45) is 5.92 Å². The third kappa shape index (κ3) is 2.68. The van der Waals surface area contributed by atoms with Gasteiger partial charge < -0.3 is 0 Å². The minimum Gasteiger partial charge on any atom is -0.298 e. The quantitative estimate of drug-likeness (QED) is 0.857. The summed E-state index contributed by atoms with van der Waals surface area (Å²) in [5, 5.41) is 0. The lowest BCUT2D eigenvalue weighted by Gasteiger charge is -2.51. The van der Waals surface area contributed by atoms with Crippen molar-refractivity contribution in [3.05, 3.63) is 65.7 Å². The largest absolute Gasteiger partial charge is 0.298 e. The number of pyridine rings is 1. The van der Waals surface area contributed by atoms with Crippen molar-refractivity contribution in [3.63, 3.8) is 0 Å². The molecule has 25 heavy (non-hydrogen) atoms. The fraction of sp³-hybridized carbons (Fsp3) is 0.476. The molecule has 0 unspecified atom stereocenters. The van der Waals surface area contributed by atoms with Gasteiger partial charge in [0.1, 0.15) is 5.82 Å². The molecule has 4 saturated heterocycles. The Kier molecular flexibility index (Phi) is 3.83. The molecule has 1 aromatic carbocycles. The molecule has 3 atom stereocenters. The topological polar surface area (TPSA) is 19.4 Å². The lowest BCUT2D eigenvalue weighted by atomic mass is 9.75. The number of likely N-dealkylation sites (tertiary alicyclic amines) is 1. The molecular weight excluding hydrogens is 313 g/mol. The van der Waals surface area contributed by atoms with Crippen LogP contribution in [0.3, 0.4) is 0 Å². The van der Waals surface area contributed by atoms with Crippen LogP contribution in [0.4, 0.5) is 4.39 Å². The minimum atomic E-state index is -0.141. The Morgan fingerprint density at radius 2 is 1.68 bits per heavy atom. The summed E-state index contributed by atoms with van der Waals surface area (Å²) in [6, 6.07) is 12.7. The molecule has 4 aliphatic rings. The fourth-order valence-corrected chi connectivity index (χ4v) is 5.45. The van der Waals surface area contributed by atoms with E-state index in [1.54, 1.807) is 12.1 Å². The van der Waals surface area contributed by atoms with E-state index in [0.29, 0.717) is 18.0 Å². The van der Waals surface area contributed by atoms with Crippen LogP contribution in [-0.2, 0) is 6.54 Å². The van der Waals surface area contributed by atoms with Crippen molar-refractivity contribution in [2.75, 3.05) is 19.6 Å². The van der Waals surface area contributed by atoms with Crippen LogP contribution in [0.2, 0.25) is 0 Å². The molecule has 130 valence electrons. The van der Waals surface area contributed by atoms with Crippen LogP contribution < -0.4 is 0 Å². The second-order valence-electron chi connectivity index (χ2n) is 7.80. The van der Waals surface area contributed by atoms with Crippen molar-refractivity contribution in [3.8, 4) is 0 Å². The van der Waals surface area contributed by atoms with Crippen LogP contribution in [0.25, 0.3) is 0 Å². The fourth-order valence-electron chi connectivity index (χ4n) is 5.45. The summed E-state index contributed by atoms with van der Waals surface area (Å²) in [7, 11) is 0. The minimum absolute atomic E-state index is 0.141. The zero-order valence-corrected chi connectivity index (χ0v) is 14.4. The summed E-state index contributed by atoms with van der Waals surface area (Å²) >= 11 is 0. The van der Waals surface area contributed by atoms with E-state index >= 15 is 0 Å². The smallest absolute Gasteiger partial charge is 0.123 e. The zero-order valence-electron chi connectivity index (χ0n) is 14.4. The number of halogens is 1. The zero-order chi connectivity index (χ0) is 16.8. The van der Waals surface area contributed by atoms with Crippen LogP contribution in [0.1, 0.15) is 29.9 Å². The van der Waals surface area contributed by atoms with Gasteiger partial charge in [-0.1, -0.05) is 12.1 Å². The number of aromatic nitrogens is 1. The lowest BCUT2D eigenvalue weighted by Crippen LogP contribution is -2.59. The van der Waals surface area contributed by atoms with Gasteiger partial charge in [0, 0.05) is 43.5 Å². The molecule has 6 rings (SSSR count). The van der Waals surface area contributed by atoms with E-state index in [0.717, 1.165) is 19.0 Å². The van der Waals surface area contributed by atoms with E-state index in [4.69, 9.17) is 0 Å². The highest BCUT2D eigenvalue weighted by atomic mass is 19.1. The van der Waals surface area contributed by atoms with Crippen LogP contribution >= 0.6 is 0 Å². The monoisotopic (exact) mass is 337 g/mol. The lowest BCUT2D eigenvalue weighted by molar-refractivity contribution is -0.00869. The number of benzene rings is 1. The van der Waals surface area contributed by atoms with E-state index in [2.05, 4.69) is 26.9 Å². The summed E-state index contributed by atoms with van der Waals surface area (Å²) in [6.45, 7) is 4.52. The van der Waals surface area contributed by atoms with E-state index < -0.39 is 0 Å². The van der Waals surface area contributed by atoms with Gasteiger partial charge in [0.2, 0.25) is 0 Å². The predicted molar refractivity (Wildman–Crippen MR) is 95.7 cm³/mol. The highest BCUT2D eigenvalue weighted by molar-refractivity contribution is 5.28. The summed E-state index contributed by atoms with van der Waals surface area (Å²) in [4.78, 5) is 9.53. The van der Waals surface area contributed by atoms with Crippen LogP contribution in [0.15, 0.2) is 48.8 Å². The Hall–Kier alpha value is -1.78. The van der Waals surface area contributed by atoms with E-state index in [-0.39, 0.29) is 5.82 Å². The molecule has 3 nitrogen and oxygen atoms in total. The van der Waals surface area contributed by atoms with Crippen molar-refractivity contribution in [1.29, 1.82) is 0 Å².